The first kappa shape index (κ1) is 11.9. The second-order valence-corrected chi connectivity index (χ2v) is 5.76. The Labute approximate surface area is 109 Å². The van der Waals surface area contributed by atoms with Gasteiger partial charge in [0, 0.05) is 17.5 Å². The SMILES string of the molecule is NC1CCCCC1C(=O)c1ccc2c(c1)CCC2. The normalized spacial score (nSPS) is 26.9. The Morgan fingerprint density at radius 1 is 1.06 bits per heavy atom. The maximum Gasteiger partial charge on any atom is 0.167 e. The minimum absolute atomic E-state index is 0.0539. The van der Waals surface area contributed by atoms with Crippen molar-refractivity contribution in [3.8, 4) is 0 Å². The van der Waals surface area contributed by atoms with Crippen molar-refractivity contribution in [2.24, 2.45) is 11.7 Å². The molecule has 2 nitrogen and oxygen atoms in total. The molecule has 1 fully saturated rings. The van der Waals surface area contributed by atoms with Crippen LogP contribution in [0.15, 0.2) is 18.2 Å². The highest BCUT2D eigenvalue weighted by Crippen LogP contribution is 2.28. The maximum atomic E-state index is 12.5. The van der Waals surface area contributed by atoms with E-state index < -0.39 is 0 Å². The van der Waals surface area contributed by atoms with E-state index in [1.807, 2.05) is 6.07 Å². The lowest BCUT2D eigenvalue weighted by Crippen LogP contribution is -2.38. The van der Waals surface area contributed by atoms with Crippen molar-refractivity contribution in [3.05, 3.63) is 34.9 Å². The molecule has 0 heterocycles. The fraction of sp³-hybridized carbons (Fsp3) is 0.562. The first-order valence-electron chi connectivity index (χ1n) is 7.17. The van der Waals surface area contributed by atoms with Gasteiger partial charge >= 0.3 is 0 Å². The summed E-state index contributed by atoms with van der Waals surface area (Å²) in [5, 5.41) is 0. The summed E-state index contributed by atoms with van der Waals surface area (Å²) in [6.45, 7) is 0. The molecule has 0 saturated heterocycles. The summed E-state index contributed by atoms with van der Waals surface area (Å²) in [5.74, 6) is 0.329. The van der Waals surface area contributed by atoms with Crippen molar-refractivity contribution in [2.75, 3.05) is 0 Å². The van der Waals surface area contributed by atoms with Gasteiger partial charge in [-0.3, -0.25) is 4.79 Å². The van der Waals surface area contributed by atoms with Gasteiger partial charge in [-0.25, -0.2) is 0 Å². The molecule has 1 saturated carbocycles. The largest absolute Gasteiger partial charge is 0.327 e. The Balaban J connectivity index is 1.83. The van der Waals surface area contributed by atoms with Crippen LogP contribution in [0.25, 0.3) is 0 Å². The number of hydrogen-bond acceptors (Lipinski definition) is 2. The highest BCUT2D eigenvalue weighted by molar-refractivity contribution is 5.98. The smallest absolute Gasteiger partial charge is 0.167 e. The predicted octanol–water partition coefficient (Wildman–Crippen LogP) is 2.88. The zero-order valence-electron chi connectivity index (χ0n) is 10.8. The highest BCUT2D eigenvalue weighted by atomic mass is 16.1. The van der Waals surface area contributed by atoms with Crippen LogP contribution in [0.3, 0.4) is 0 Å². The summed E-state index contributed by atoms with van der Waals surface area (Å²) in [7, 11) is 0. The van der Waals surface area contributed by atoms with Crippen molar-refractivity contribution < 1.29 is 4.79 Å². The van der Waals surface area contributed by atoms with Crippen LogP contribution in [0.1, 0.15) is 53.6 Å². The number of aryl methyl sites for hydroxylation is 2. The number of carbonyl (C=O) groups excluding carboxylic acids is 1. The van der Waals surface area contributed by atoms with E-state index in [1.54, 1.807) is 0 Å². The van der Waals surface area contributed by atoms with Crippen LogP contribution in [0.2, 0.25) is 0 Å². The Hall–Kier alpha value is -1.15. The third kappa shape index (κ3) is 2.10. The molecule has 0 bridgehead atoms. The van der Waals surface area contributed by atoms with Crippen molar-refractivity contribution in [2.45, 2.75) is 51.0 Å². The second-order valence-electron chi connectivity index (χ2n) is 5.76. The van der Waals surface area contributed by atoms with Gasteiger partial charge in [-0.1, -0.05) is 25.0 Å². The maximum absolute atomic E-state index is 12.5. The fourth-order valence-corrected chi connectivity index (χ4v) is 3.42. The Morgan fingerprint density at radius 3 is 2.67 bits per heavy atom. The first-order valence-corrected chi connectivity index (χ1v) is 7.17. The highest BCUT2D eigenvalue weighted by Gasteiger charge is 2.29. The summed E-state index contributed by atoms with van der Waals surface area (Å²) in [4.78, 5) is 12.5. The molecule has 2 unspecified atom stereocenters. The molecule has 2 heteroatoms. The number of hydrogen-bond donors (Lipinski definition) is 1. The molecule has 96 valence electrons. The van der Waals surface area contributed by atoms with Crippen LogP contribution >= 0.6 is 0 Å². The van der Waals surface area contributed by atoms with Crippen LogP contribution in [-0.2, 0) is 12.8 Å². The molecule has 0 radical (unpaired) electrons. The second kappa shape index (κ2) is 4.85. The Bertz CT molecular complexity index is 466. The molecule has 0 aliphatic heterocycles. The van der Waals surface area contributed by atoms with Crippen molar-refractivity contribution >= 4 is 5.78 Å². The molecule has 2 N–H and O–H groups in total. The molecule has 18 heavy (non-hydrogen) atoms. The van der Waals surface area contributed by atoms with E-state index in [0.717, 1.165) is 31.2 Å². The molecule has 0 aromatic heterocycles. The lowest BCUT2D eigenvalue weighted by molar-refractivity contribution is 0.0871. The topological polar surface area (TPSA) is 43.1 Å². The molecule has 2 atom stereocenters. The van der Waals surface area contributed by atoms with Gasteiger partial charge in [-0.2, -0.15) is 0 Å². The van der Waals surface area contributed by atoms with Crippen LogP contribution in [-0.4, -0.2) is 11.8 Å². The van der Waals surface area contributed by atoms with Crippen molar-refractivity contribution in [1.82, 2.24) is 0 Å². The number of benzene rings is 1. The standard InChI is InChI=1S/C16H21NO/c17-15-7-2-1-6-14(15)16(18)13-9-8-11-4-3-5-12(11)10-13/h8-10,14-15H,1-7,17H2. The van der Waals surface area contributed by atoms with E-state index >= 15 is 0 Å². The molecule has 1 aromatic rings. The Kier molecular flexibility index (Phi) is 3.21. The lowest BCUT2D eigenvalue weighted by Gasteiger charge is -2.27. The molecule has 0 spiro atoms. The van der Waals surface area contributed by atoms with Crippen molar-refractivity contribution in [3.63, 3.8) is 0 Å². The number of Topliss-reactive ketones (excluding diaryl/α,β-unsaturated/α-hetero) is 1. The van der Waals surface area contributed by atoms with E-state index in [-0.39, 0.29) is 17.7 Å². The van der Waals surface area contributed by atoms with Crippen LogP contribution in [0.5, 0.6) is 0 Å². The van der Waals surface area contributed by atoms with Gasteiger partial charge < -0.3 is 5.73 Å². The number of rotatable bonds is 2. The third-order valence-corrected chi connectivity index (χ3v) is 4.54. The quantitative estimate of drug-likeness (QED) is 0.812. The lowest BCUT2D eigenvalue weighted by atomic mass is 9.80. The third-order valence-electron chi connectivity index (χ3n) is 4.54. The van der Waals surface area contributed by atoms with E-state index in [0.29, 0.717) is 0 Å². The summed E-state index contributed by atoms with van der Waals surface area (Å²) in [6.07, 6.45) is 7.83. The number of ketones is 1. The fourth-order valence-electron chi connectivity index (χ4n) is 3.42. The first-order chi connectivity index (χ1) is 8.75. The Morgan fingerprint density at radius 2 is 1.83 bits per heavy atom. The monoisotopic (exact) mass is 243 g/mol. The van der Waals surface area contributed by atoms with Crippen LogP contribution < -0.4 is 5.73 Å². The summed E-state index contributed by atoms with van der Waals surface area (Å²) >= 11 is 0. The van der Waals surface area contributed by atoms with Gasteiger partial charge in [0.15, 0.2) is 5.78 Å². The number of carbonyl (C=O) groups is 1. The zero-order valence-corrected chi connectivity index (χ0v) is 10.8. The molecule has 0 amide bonds. The van der Waals surface area contributed by atoms with Crippen LogP contribution in [0.4, 0.5) is 0 Å². The number of fused-ring (bicyclic) bond motifs is 1. The summed E-state index contributed by atoms with van der Waals surface area (Å²) in [6, 6.07) is 6.34. The van der Waals surface area contributed by atoms with Gasteiger partial charge in [0.1, 0.15) is 0 Å². The average Bonchev–Trinajstić information content (AvgIpc) is 2.85. The molecular weight excluding hydrogens is 222 g/mol. The van der Waals surface area contributed by atoms with Crippen LogP contribution in [0, 0.1) is 5.92 Å². The van der Waals surface area contributed by atoms with Gasteiger partial charge in [0.05, 0.1) is 0 Å². The zero-order chi connectivity index (χ0) is 12.5. The predicted molar refractivity (Wildman–Crippen MR) is 72.7 cm³/mol. The molecule has 2 aliphatic carbocycles. The summed E-state index contributed by atoms with van der Waals surface area (Å²) in [5.41, 5.74) is 9.81. The van der Waals surface area contributed by atoms with E-state index in [9.17, 15) is 4.79 Å². The molecular formula is C16H21NO. The van der Waals surface area contributed by atoms with Gasteiger partial charge in [0.25, 0.3) is 0 Å². The van der Waals surface area contributed by atoms with Crippen molar-refractivity contribution in [1.29, 1.82) is 0 Å². The molecule has 2 aliphatic rings. The van der Waals surface area contributed by atoms with E-state index in [2.05, 4.69) is 12.1 Å². The molecule has 1 aromatic carbocycles. The number of nitrogens with two attached hydrogens (primary N) is 1. The van der Waals surface area contributed by atoms with E-state index in [1.165, 1.54) is 30.4 Å². The average molecular weight is 243 g/mol. The molecule has 3 rings (SSSR count). The van der Waals surface area contributed by atoms with Gasteiger partial charge in [-0.15, -0.1) is 0 Å². The minimum atomic E-state index is 0.0539. The van der Waals surface area contributed by atoms with Gasteiger partial charge in [-0.05, 0) is 49.3 Å². The minimum Gasteiger partial charge on any atom is -0.327 e. The van der Waals surface area contributed by atoms with E-state index in [4.69, 9.17) is 5.73 Å². The summed E-state index contributed by atoms with van der Waals surface area (Å²) < 4.78 is 0. The van der Waals surface area contributed by atoms with Gasteiger partial charge in [0.2, 0.25) is 0 Å².